The fourth-order valence-corrected chi connectivity index (χ4v) is 7.13. The number of para-hydroxylation sites is 1. The van der Waals surface area contributed by atoms with Crippen LogP contribution in [-0.2, 0) is 9.36 Å². The van der Waals surface area contributed by atoms with Crippen LogP contribution in [0.25, 0.3) is 0 Å². The monoisotopic (exact) mass is 447 g/mol. The Labute approximate surface area is 177 Å². The molecule has 6 nitrogen and oxygen atoms in total. The maximum Gasteiger partial charge on any atom is 0.393 e. The summed E-state index contributed by atoms with van der Waals surface area (Å²) in [4.78, 5) is 15.4. The van der Waals surface area contributed by atoms with Crippen LogP contribution in [0.2, 0.25) is 0 Å². The standard InChI is InChI=1S/C19H28Cl2N3O3P/c1-18-12-23(11-9-21)13-19(2,17(18)25)15-24(14-18)28(26,22-10-8-20)27-16-6-4-3-5-7-16/h3-7H,8-15H2,1-2H3,(H,22,26). The molecular weight excluding hydrogens is 420 g/mol. The molecule has 2 fully saturated rings. The van der Waals surface area contributed by atoms with Gasteiger partial charge < -0.3 is 9.42 Å². The highest BCUT2D eigenvalue weighted by Crippen LogP contribution is 2.54. The number of carbonyl (C=O) groups excluding carboxylic acids is 1. The first-order chi connectivity index (χ1) is 13.2. The first-order valence-corrected chi connectivity index (χ1v) is 12.1. The number of ketones is 1. The summed E-state index contributed by atoms with van der Waals surface area (Å²) in [5.74, 6) is 1.59. The van der Waals surface area contributed by atoms with Crippen molar-refractivity contribution < 1.29 is 13.9 Å². The molecule has 156 valence electrons. The van der Waals surface area contributed by atoms with Crippen molar-refractivity contribution in [2.75, 3.05) is 51.0 Å². The van der Waals surface area contributed by atoms with E-state index in [4.69, 9.17) is 27.7 Å². The third-order valence-electron chi connectivity index (χ3n) is 5.46. The van der Waals surface area contributed by atoms with Crippen molar-refractivity contribution in [3.8, 4) is 5.75 Å². The molecule has 3 atom stereocenters. The van der Waals surface area contributed by atoms with Crippen LogP contribution in [0.15, 0.2) is 30.3 Å². The van der Waals surface area contributed by atoms with E-state index in [1.807, 2.05) is 36.7 Å². The third kappa shape index (κ3) is 4.43. The van der Waals surface area contributed by atoms with Gasteiger partial charge >= 0.3 is 7.67 Å². The second-order valence-electron chi connectivity index (χ2n) is 8.19. The normalized spacial score (nSPS) is 30.8. The Kier molecular flexibility index (Phi) is 6.80. The van der Waals surface area contributed by atoms with Crippen LogP contribution in [0.3, 0.4) is 0 Å². The summed E-state index contributed by atoms with van der Waals surface area (Å²) >= 11 is 11.8. The lowest BCUT2D eigenvalue weighted by Crippen LogP contribution is -2.68. The Morgan fingerprint density at radius 1 is 1.07 bits per heavy atom. The second-order valence-corrected chi connectivity index (χ2v) is 11.1. The molecule has 0 amide bonds. The van der Waals surface area contributed by atoms with Crippen molar-refractivity contribution in [1.82, 2.24) is 14.7 Å². The predicted molar refractivity (Wildman–Crippen MR) is 113 cm³/mol. The maximum atomic E-state index is 13.9. The van der Waals surface area contributed by atoms with Gasteiger partial charge in [0.2, 0.25) is 0 Å². The summed E-state index contributed by atoms with van der Waals surface area (Å²) in [6, 6.07) is 9.10. The second kappa shape index (κ2) is 8.63. The van der Waals surface area contributed by atoms with E-state index in [-0.39, 0.29) is 5.78 Å². The average molecular weight is 448 g/mol. The zero-order chi connectivity index (χ0) is 20.4. The van der Waals surface area contributed by atoms with E-state index in [9.17, 15) is 9.36 Å². The largest absolute Gasteiger partial charge is 0.422 e. The lowest BCUT2D eigenvalue weighted by atomic mass is 9.65. The quantitative estimate of drug-likeness (QED) is 0.486. The van der Waals surface area contributed by atoms with Crippen LogP contribution in [0.1, 0.15) is 13.8 Å². The summed E-state index contributed by atoms with van der Waals surface area (Å²) in [5.41, 5.74) is -1.26. The molecular formula is C19H28Cl2N3O3P. The maximum absolute atomic E-state index is 13.9. The molecule has 1 aromatic rings. The number of likely N-dealkylation sites (tertiary alicyclic amines) is 1. The Balaban J connectivity index is 1.90. The Hall–Kier alpha value is -0.620. The molecule has 2 aliphatic rings. The smallest absolute Gasteiger partial charge is 0.393 e. The van der Waals surface area contributed by atoms with Crippen molar-refractivity contribution in [1.29, 1.82) is 0 Å². The number of Topliss-reactive ketones (excluding diaryl/α,β-unsaturated/α-hetero) is 1. The Bertz CT molecular complexity index is 729. The van der Waals surface area contributed by atoms with Gasteiger partial charge in [0.15, 0.2) is 0 Å². The molecule has 2 bridgehead atoms. The van der Waals surface area contributed by atoms with E-state index >= 15 is 0 Å². The summed E-state index contributed by atoms with van der Waals surface area (Å²) in [7, 11) is -3.43. The molecule has 0 saturated carbocycles. The number of nitrogens with zero attached hydrogens (tertiary/aromatic N) is 2. The Morgan fingerprint density at radius 3 is 2.21 bits per heavy atom. The van der Waals surface area contributed by atoms with E-state index in [1.165, 1.54) is 0 Å². The van der Waals surface area contributed by atoms with Crippen molar-refractivity contribution in [2.45, 2.75) is 13.8 Å². The zero-order valence-corrected chi connectivity index (χ0v) is 18.8. The fourth-order valence-electron chi connectivity index (χ4n) is 4.48. The molecule has 1 aromatic carbocycles. The van der Waals surface area contributed by atoms with Gasteiger partial charge in [0.05, 0.1) is 10.8 Å². The molecule has 0 radical (unpaired) electrons. The number of alkyl halides is 2. The van der Waals surface area contributed by atoms with Crippen LogP contribution in [0, 0.1) is 10.8 Å². The molecule has 2 aliphatic heterocycles. The van der Waals surface area contributed by atoms with Crippen LogP contribution in [-0.4, -0.2) is 66.4 Å². The molecule has 3 unspecified atom stereocenters. The number of fused-ring (bicyclic) bond motifs is 2. The van der Waals surface area contributed by atoms with Crippen molar-refractivity contribution in [3.63, 3.8) is 0 Å². The number of nitrogens with one attached hydrogen (secondary N) is 1. The number of hydrogen-bond acceptors (Lipinski definition) is 4. The van der Waals surface area contributed by atoms with Crippen molar-refractivity contribution in [3.05, 3.63) is 30.3 Å². The average Bonchev–Trinajstić information content (AvgIpc) is 2.64. The van der Waals surface area contributed by atoms with Crippen molar-refractivity contribution >= 4 is 36.7 Å². The highest BCUT2D eigenvalue weighted by molar-refractivity contribution is 7.54. The van der Waals surface area contributed by atoms with Gasteiger partial charge in [0.1, 0.15) is 11.5 Å². The Morgan fingerprint density at radius 2 is 1.68 bits per heavy atom. The first-order valence-electron chi connectivity index (χ1n) is 9.49. The molecule has 2 heterocycles. The number of hydrogen-bond donors (Lipinski definition) is 1. The van der Waals surface area contributed by atoms with Gasteiger partial charge in [0.25, 0.3) is 0 Å². The van der Waals surface area contributed by atoms with Gasteiger partial charge in [-0.05, 0) is 12.1 Å². The van der Waals surface area contributed by atoms with Crippen LogP contribution < -0.4 is 9.61 Å². The lowest BCUT2D eigenvalue weighted by molar-refractivity contribution is -0.153. The van der Waals surface area contributed by atoms with E-state index in [2.05, 4.69) is 9.99 Å². The third-order valence-corrected chi connectivity index (χ3v) is 7.92. The highest BCUT2D eigenvalue weighted by Gasteiger charge is 2.58. The SMILES string of the molecule is CC12CN(CCCl)CC(C)(CN(P(=O)(NCCCl)Oc3ccccc3)C1)C2=O. The molecule has 28 heavy (non-hydrogen) atoms. The molecule has 0 aromatic heterocycles. The van der Waals surface area contributed by atoms with Gasteiger partial charge in [-0.2, -0.15) is 0 Å². The van der Waals surface area contributed by atoms with Crippen LogP contribution in [0.5, 0.6) is 5.75 Å². The molecule has 2 saturated heterocycles. The zero-order valence-electron chi connectivity index (χ0n) is 16.4. The van der Waals surface area contributed by atoms with E-state index in [0.29, 0.717) is 50.2 Å². The van der Waals surface area contributed by atoms with Crippen molar-refractivity contribution in [2.24, 2.45) is 10.8 Å². The molecule has 1 N–H and O–H groups in total. The number of halogens is 2. The number of benzene rings is 1. The molecule has 0 spiro atoms. The fraction of sp³-hybridized carbons (Fsp3) is 0.632. The van der Waals surface area contributed by atoms with Gasteiger partial charge in [-0.15, -0.1) is 23.2 Å². The summed E-state index contributed by atoms with van der Waals surface area (Å²) in [6.45, 7) is 6.92. The molecule has 9 heteroatoms. The van der Waals surface area contributed by atoms with Gasteiger partial charge in [-0.25, -0.2) is 14.3 Å². The van der Waals surface area contributed by atoms with Gasteiger partial charge in [-0.1, -0.05) is 32.0 Å². The number of piperidine rings is 2. The summed E-state index contributed by atoms with van der Waals surface area (Å²) < 4.78 is 21.7. The molecule has 3 rings (SSSR count). The summed E-state index contributed by atoms with van der Waals surface area (Å²) in [5, 5.41) is 3.02. The minimum atomic E-state index is -3.43. The minimum absolute atomic E-state index is 0.227. The van der Waals surface area contributed by atoms with Gasteiger partial charge in [0, 0.05) is 51.0 Å². The minimum Gasteiger partial charge on any atom is -0.422 e. The predicted octanol–water partition coefficient (Wildman–Crippen LogP) is 3.45. The highest BCUT2D eigenvalue weighted by atomic mass is 35.5. The van der Waals surface area contributed by atoms with E-state index in [1.54, 1.807) is 12.1 Å². The molecule has 0 aliphatic carbocycles. The topological polar surface area (TPSA) is 61.9 Å². The number of rotatable bonds is 8. The van der Waals surface area contributed by atoms with Crippen LogP contribution in [0.4, 0.5) is 0 Å². The first kappa shape index (κ1) is 22.1. The van der Waals surface area contributed by atoms with E-state index < -0.39 is 18.5 Å². The van der Waals surface area contributed by atoms with E-state index in [0.717, 1.165) is 6.54 Å². The van der Waals surface area contributed by atoms with Crippen LogP contribution >= 0.6 is 30.9 Å². The lowest BCUT2D eigenvalue weighted by Gasteiger charge is -2.55. The number of carbonyl (C=O) groups is 1. The van der Waals surface area contributed by atoms with Gasteiger partial charge in [-0.3, -0.25) is 4.79 Å². The summed E-state index contributed by atoms with van der Waals surface area (Å²) in [6.07, 6.45) is 0.